The molecule has 0 aliphatic carbocycles. The maximum Gasteiger partial charge on any atom is 0.332 e. The summed E-state index contributed by atoms with van der Waals surface area (Å²) in [5.41, 5.74) is 0. The third-order valence-corrected chi connectivity index (χ3v) is 1.25. The van der Waals surface area contributed by atoms with Crippen LogP contribution in [0.2, 0.25) is 0 Å². The number of rotatable bonds is 6. The summed E-state index contributed by atoms with van der Waals surface area (Å²) in [6.07, 6.45) is -0.168. The van der Waals surface area contributed by atoms with Gasteiger partial charge in [0.15, 0.2) is 0 Å². The molecule has 0 spiro atoms. The summed E-state index contributed by atoms with van der Waals surface area (Å²) < 4.78 is 14.9. The van der Waals surface area contributed by atoms with Gasteiger partial charge in [0.2, 0.25) is 0 Å². The number of hydrogen-bond donors (Lipinski definition) is 0. The molecule has 4 heteroatoms. The molecule has 4 nitrogen and oxygen atoms in total. The zero-order chi connectivity index (χ0) is 10.3. The summed E-state index contributed by atoms with van der Waals surface area (Å²) in [6.45, 7) is 5.91. The molecule has 0 amide bonds. The van der Waals surface area contributed by atoms with Gasteiger partial charge in [-0.1, -0.05) is 0 Å². The first kappa shape index (κ1) is 12.4. The smallest absolute Gasteiger partial charge is 0.332 e. The zero-order valence-electron chi connectivity index (χ0n) is 8.70. The van der Waals surface area contributed by atoms with Crippen LogP contribution in [0, 0.1) is 0 Å². The first-order valence-corrected chi connectivity index (χ1v) is 4.36. The summed E-state index contributed by atoms with van der Waals surface area (Å²) in [6, 6.07) is 0. The first-order chi connectivity index (χ1) is 6.06. The number of hydrogen-bond acceptors (Lipinski definition) is 4. The van der Waals surface area contributed by atoms with Crippen LogP contribution in [-0.4, -0.2) is 38.5 Å². The SMILES string of the molecule is COCC(C)OCC(=O)OC(C)C. The predicted molar refractivity (Wildman–Crippen MR) is 48.5 cm³/mol. The number of methoxy groups -OCH3 is 1. The van der Waals surface area contributed by atoms with Gasteiger partial charge >= 0.3 is 5.97 Å². The molecule has 0 aliphatic rings. The lowest BCUT2D eigenvalue weighted by atomic mass is 10.4. The molecule has 1 atom stereocenters. The number of esters is 1. The normalized spacial score (nSPS) is 13.0. The molecule has 0 rings (SSSR count). The van der Waals surface area contributed by atoms with Crippen LogP contribution in [0.1, 0.15) is 20.8 Å². The molecule has 0 aromatic heterocycles. The second kappa shape index (κ2) is 6.86. The lowest BCUT2D eigenvalue weighted by Crippen LogP contribution is -2.22. The topological polar surface area (TPSA) is 44.8 Å². The summed E-state index contributed by atoms with van der Waals surface area (Å²) in [7, 11) is 1.59. The highest BCUT2D eigenvalue weighted by molar-refractivity contribution is 5.70. The largest absolute Gasteiger partial charge is 0.461 e. The van der Waals surface area contributed by atoms with E-state index >= 15 is 0 Å². The Hall–Kier alpha value is -0.610. The second-order valence-electron chi connectivity index (χ2n) is 3.12. The molecule has 0 aromatic rings. The number of carbonyl (C=O) groups excluding carboxylic acids is 1. The first-order valence-electron chi connectivity index (χ1n) is 4.36. The van der Waals surface area contributed by atoms with E-state index in [0.29, 0.717) is 6.61 Å². The lowest BCUT2D eigenvalue weighted by molar-refractivity contribution is -0.155. The monoisotopic (exact) mass is 190 g/mol. The summed E-state index contributed by atoms with van der Waals surface area (Å²) in [4.78, 5) is 11.0. The highest BCUT2D eigenvalue weighted by atomic mass is 16.6. The maximum absolute atomic E-state index is 11.0. The van der Waals surface area contributed by atoms with Crippen molar-refractivity contribution in [2.75, 3.05) is 20.3 Å². The molecule has 0 N–H and O–H groups in total. The average Bonchev–Trinajstić information content (AvgIpc) is 2.00. The predicted octanol–water partition coefficient (Wildman–Crippen LogP) is 0.990. The van der Waals surface area contributed by atoms with E-state index in [1.54, 1.807) is 21.0 Å². The molecule has 0 radical (unpaired) electrons. The Balaban J connectivity index is 3.46. The third-order valence-electron chi connectivity index (χ3n) is 1.25. The van der Waals surface area contributed by atoms with Crippen molar-refractivity contribution in [3.63, 3.8) is 0 Å². The molecule has 0 bridgehead atoms. The molecular formula is C9H18O4. The molecule has 0 saturated carbocycles. The van der Waals surface area contributed by atoms with E-state index in [0.717, 1.165) is 0 Å². The molecular weight excluding hydrogens is 172 g/mol. The Kier molecular flexibility index (Phi) is 6.54. The van der Waals surface area contributed by atoms with Crippen LogP contribution in [0.5, 0.6) is 0 Å². The van der Waals surface area contributed by atoms with Crippen molar-refractivity contribution in [1.29, 1.82) is 0 Å². The van der Waals surface area contributed by atoms with Crippen molar-refractivity contribution >= 4 is 5.97 Å². The quantitative estimate of drug-likeness (QED) is 0.586. The van der Waals surface area contributed by atoms with Gasteiger partial charge in [0.05, 0.1) is 18.8 Å². The Morgan fingerprint density at radius 2 is 1.92 bits per heavy atom. The second-order valence-corrected chi connectivity index (χ2v) is 3.12. The van der Waals surface area contributed by atoms with Gasteiger partial charge in [-0.05, 0) is 20.8 Å². The highest BCUT2D eigenvalue weighted by Gasteiger charge is 2.08. The van der Waals surface area contributed by atoms with E-state index in [4.69, 9.17) is 14.2 Å². The van der Waals surface area contributed by atoms with Crippen molar-refractivity contribution in [1.82, 2.24) is 0 Å². The average molecular weight is 190 g/mol. The third kappa shape index (κ3) is 7.74. The fraction of sp³-hybridized carbons (Fsp3) is 0.889. The molecule has 13 heavy (non-hydrogen) atoms. The zero-order valence-corrected chi connectivity index (χ0v) is 8.70. The molecule has 0 aromatic carbocycles. The van der Waals surface area contributed by atoms with Crippen LogP contribution in [0.25, 0.3) is 0 Å². The van der Waals surface area contributed by atoms with Crippen LogP contribution in [0.15, 0.2) is 0 Å². The van der Waals surface area contributed by atoms with Crippen LogP contribution in [0.4, 0.5) is 0 Å². The minimum atomic E-state index is -0.335. The molecule has 0 fully saturated rings. The van der Waals surface area contributed by atoms with Crippen LogP contribution >= 0.6 is 0 Å². The van der Waals surface area contributed by atoms with Gasteiger partial charge in [-0.2, -0.15) is 0 Å². The van der Waals surface area contributed by atoms with E-state index in [-0.39, 0.29) is 24.8 Å². The van der Waals surface area contributed by atoms with Crippen LogP contribution < -0.4 is 0 Å². The van der Waals surface area contributed by atoms with E-state index in [2.05, 4.69) is 0 Å². The van der Waals surface area contributed by atoms with Crippen LogP contribution in [0.3, 0.4) is 0 Å². The highest BCUT2D eigenvalue weighted by Crippen LogP contribution is 1.94. The molecule has 0 heterocycles. The standard InChI is InChI=1S/C9H18O4/c1-7(2)13-9(10)6-12-8(3)5-11-4/h7-8H,5-6H2,1-4H3. The minimum absolute atomic E-state index is 0.0112. The summed E-state index contributed by atoms with van der Waals surface area (Å²) in [5, 5.41) is 0. The van der Waals surface area contributed by atoms with Crippen molar-refractivity contribution in [2.45, 2.75) is 33.0 Å². The number of carbonyl (C=O) groups is 1. The molecule has 0 saturated heterocycles. The fourth-order valence-electron chi connectivity index (χ4n) is 0.790. The van der Waals surface area contributed by atoms with E-state index in [1.165, 1.54) is 0 Å². The van der Waals surface area contributed by atoms with Crippen molar-refractivity contribution < 1.29 is 19.0 Å². The fourth-order valence-corrected chi connectivity index (χ4v) is 0.790. The Morgan fingerprint density at radius 3 is 2.38 bits per heavy atom. The van der Waals surface area contributed by atoms with Crippen molar-refractivity contribution in [2.24, 2.45) is 0 Å². The lowest BCUT2D eigenvalue weighted by Gasteiger charge is -2.12. The molecule has 0 aliphatic heterocycles. The van der Waals surface area contributed by atoms with Gasteiger partial charge in [-0.25, -0.2) is 4.79 Å². The van der Waals surface area contributed by atoms with Gasteiger partial charge in [-0.15, -0.1) is 0 Å². The van der Waals surface area contributed by atoms with Crippen molar-refractivity contribution in [3.8, 4) is 0 Å². The van der Waals surface area contributed by atoms with Gasteiger partial charge < -0.3 is 14.2 Å². The van der Waals surface area contributed by atoms with E-state index < -0.39 is 0 Å². The Bertz CT molecular complexity index is 145. The summed E-state index contributed by atoms with van der Waals surface area (Å²) in [5.74, 6) is -0.335. The van der Waals surface area contributed by atoms with E-state index in [1.807, 2.05) is 6.92 Å². The van der Waals surface area contributed by atoms with Crippen LogP contribution in [-0.2, 0) is 19.0 Å². The van der Waals surface area contributed by atoms with Crippen molar-refractivity contribution in [3.05, 3.63) is 0 Å². The minimum Gasteiger partial charge on any atom is -0.461 e. The van der Waals surface area contributed by atoms with Gasteiger partial charge in [0, 0.05) is 7.11 Å². The van der Waals surface area contributed by atoms with E-state index in [9.17, 15) is 4.79 Å². The Morgan fingerprint density at radius 1 is 1.31 bits per heavy atom. The van der Waals surface area contributed by atoms with Gasteiger partial charge in [0.1, 0.15) is 6.61 Å². The number of ether oxygens (including phenoxy) is 3. The summed E-state index contributed by atoms with van der Waals surface area (Å²) >= 11 is 0. The van der Waals surface area contributed by atoms with Gasteiger partial charge in [-0.3, -0.25) is 0 Å². The van der Waals surface area contributed by atoms with Gasteiger partial charge in [0.25, 0.3) is 0 Å². The maximum atomic E-state index is 11.0. The molecule has 78 valence electrons. The molecule has 1 unspecified atom stereocenters. The Labute approximate surface area is 79.2 Å².